The van der Waals surface area contributed by atoms with Crippen molar-refractivity contribution in [3.63, 3.8) is 0 Å². The summed E-state index contributed by atoms with van der Waals surface area (Å²) >= 11 is 0. The van der Waals surface area contributed by atoms with Crippen molar-refractivity contribution in [1.82, 2.24) is 5.32 Å². The standard InChI is InChI=1S/C19H39NO2/c1-5-6-7-8-9-10-11-12-13-14-15-22-19(21)18(20-4)16-17(2)3/h17-18,20H,5-16H2,1-4H3. The smallest absolute Gasteiger partial charge is 0.323 e. The van der Waals surface area contributed by atoms with E-state index in [0.29, 0.717) is 12.5 Å². The van der Waals surface area contributed by atoms with Gasteiger partial charge < -0.3 is 10.1 Å². The van der Waals surface area contributed by atoms with Gasteiger partial charge in [-0.1, -0.05) is 78.6 Å². The molecule has 132 valence electrons. The summed E-state index contributed by atoms with van der Waals surface area (Å²) in [5.74, 6) is 0.412. The van der Waals surface area contributed by atoms with Crippen molar-refractivity contribution < 1.29 is 9.53 Å². The molecule has 0 saturated heterocycles. The number of ether oxygens (including phenoxy) is 1. The molecule has 22 heavy (non-hydrogen) atoms. The second kappa shape index (κ2) is 15.3. The molecule has 3 heteroatoms. The molecule has 1 atom stereocenters. The van der Waals surface area contributed by atoms with Crippen LogP contribution in [0.2, 0.25) is 0 Å². The van der Waals surface area contributed by atoms with E-state index in [4.69, 9.17) is 4.74 Å². The Morgan fingerprint density at radius 1 is 0.909 bits per heavy atom. The van der Waals surface area contributed by atoms with Crippen LogP contribution in [0.25, 0.3) is 0 Å². The minimum Gasteiger partial charge on any atom is -0.465 e. The van der Waals surface area contributed by atoms with Crippen molar-refractivity contribution in [3.05, 3.63) is 0 Å². The topological polar surface area (TPSA) is 38.3 Å². The maximum Gasteiger partial charge on any atom is 0.323 e. The highest BCUT2D eigenvalue weighted by Crippen LogP contribution is 2.11. The second-order valence-electron chi connectivity index (χ2n) is 6.82. The third kappa shape index (κ3) is 13.1. The van der Waals surface area contributed by atoms with E-state index in [0.717, 1.165) is 12.8 Å². The van der Waals surface area contributed by atoms with Gasteiger partial charge in [0.05, 0.1) is 6.61 Å². The van der Waals surface area contributed by atoms with Crippen molar-refractivity contribution in [3.8, 4) is 0 Å². The average molecular weight is 314 g/mol. The maximum atomic E-state index is 11.9. The first-order chi connectivity index (χ1) is 10.6. The van der Waals surface area contributed by atoms with Crippen LogP contribution in [0, 0.1) is 5.92 Å². The van der Waals surface area contributed by atoms with E-state index in [1.54, 1.807) is 0 Å². The van der Waals surface area contributed by atoms with Crippen LogP contribution in [0.3, 0.4) is 0 Å². The summed E-state index contributed by atoms with van der Waals surface area (Å²) in [6.07, 6.45) is 13.9. The Balaban J connectivity index is 3.39. The van der Waals surface area contributed by atoms with E-state index < -0.39 is 0 Å². The van der Waals surface area contributed by atoms with E-state index in [2.05, 4.69) is 26.1 Å². The van der Waals surface area contributed by atoms with Crippen LogP contribution >= 0.6 is 0 Å². The fraction of sp³-hybridized carbons (Fsp3) is 0.947. The first-order valence-corrected chi connectivity index (χ1v) is 9.45. The maximum absolute atomic E-state index is 11.9. The van der Waals surface area contributed by atoms with Gasteiger partial charge in [0.1, 0.15) is 6.04 Å². The summed E-state index contributed by atoms with van der Waals surface area (Å²) in [6.45, 7) is 7.08. The van der Waals surface area contributed by atoms with Crippen molar-refractivity contribution in [2.75, 3.05) is 13.7 Å². The zero-order valence-electron chi connectivity index (χ0n) is 15.5. The van der Waals surface area contributed by atoms with Gasteiger partial charge in [0, 0.05) is 0 Å². The lowest BCUT2D eigenvalue weighted by Gasteiger charge is -2.17. The highest BCUT2D eigenvalue weighted by atomic mass is 16.5. The van der Waals surface area contributed by atoms with Gasteiger partial charge in [-0.25, -0.2) is 0 Å². The Morgan fingerprint density at radius 3 is 1.86 bits per heavy atom. The van der Waals surface area contributed by atoms with Gasteiger partial charge >= 0.3 is 5.97 Å². The second-order valence-corrected chi connectivity index (χ2v) is 6.82. The number of esters is 1. The minimum atomic E-state index is -0.150. The van der Waals surface area contributed by atoms with Crippen LogP contribution in [0.1, 0.15) is 91.4 Å². The van der Waals surface area contributed by atoms with Crippen LogP contribution in [-0.2, 0) is 9.53 Å². The largest absolute Gasteiger partial charge is 0.465 e. The number of hydrogen-bond donors (Lipinski definition) is 1. The molecule has 1 unspecified atom stereocenters. The lowest BCUT2D eigenvalue weighted by Crippen LogP contribution is -2.36. The van der Waals surface area contributed by atoms with E-state index in [-0.39, 0.29) is 12.0 Å². The molecule has 0 aliphatic rings. The number of likely N-dealkylation sites (N-methyl/N-ethyl adjacent to an activating group) is 1. The quantitative estimate of drug-likeness (QED) is 0.338. The highest BCUT2D eigenvalue weighted by Gasteiger charge is 2.18. The molecule has 0 heterocycles. The van der Waals surface area contributed by atoms with Crippen LogP contribution in [0.15, 0.2) is 0 Å². The van der Waals surface area contributed by atoms with E-state index in [1.807, 2.05) is 7.05 Å². The minimum absolute atomic E-state index is 0.0906. The van der Waals surface area contributed by atoms with Gasteiger partial charge in [-0.3, -0.25) is 4.79 Å². The molecule has 0 bridgehead atoms. The number of carbonyl (C=O) groups is 1. The summed E-state index contributed by atoms with van der Waals surface area (Å²) < 4.78 is 5.37. The summed E-state index contributed by atoms with van der Waals surface area (Å²) in [6, 6.07) is -0.150. The number of unbranched alkanes of at least 4 members (excludes halogenated alkanes) is 9. The Morgan fingerprint density at radius 2 is 1.41 bits per heavy atom. The molecule has 0 amide bonds. The number of hydrogen-bond acceptors (Lipinski definition) is 3. The van der Waals surface area contributed by atoms with Crippen molar-refractivity contribution in [1.29, 1.82) is 0 Å². The van der Waals surface area contributed by atoms with Gasteiger partial charge in [0.15, 0.2) is 0 Å². The van der Waals surface area contributed by atoms with Crippen LogP contribution in [0.4, 0.5) is 0 Å². The Kier molecular flexibility index (Phi) is 14.9. The zero-order chi connectivity index (χ0) is 16.6. The van der Waals surface area contributed by atoms with E-state index in [1.165, 1.54) is 57.8 Å². The SMILES string of the molecule is CCCCCCCCCCCCOC(=O)C(CC(C)C)NC. The van der Waals surface area contributed by atoms with Gasteiger partial charge in [-0.2, -0.15) is 0 Å². The molecule has 0 aliphatic carbocycles. The fourth-order valence-electron chi connectivity index (χ4n) is 2.67. The molecular weight excluding hydrogens is 274 g/mol. The van der Waals surface area contributed by atoms with Crippen LogP contribution in [0.5, 0.6) is 0 Å². The van der Waals surface area contributed by atoms with Gasteiger partial charge in [-0.15, -0.1) is 0 Å². The third-order valence-corrected chi connectivity index (χ3v) is 4.08. The predicted octanol–water partition coefficient (Wildman–Crippen LogP) is 5.08. The third-order valence-electron chi connectivity index (χ3n) is 4.08. The molecule has 0 aromatic carbocycles. The van der Waals surface area contributed by atoms with E-state index in [9.17, 15) is 4.79 Å². The van der Waals surface area contributed by atoms with Crippen LogP contribution < -0.4 is 5.32 Å². The monoisotopic (exact) mass is 313 g/mol. The molecule has 0 saturated carbocycles. The molecule has 0 rings (SSSR count). The Labute approximate surface area is 138 Å². The summed E-state index contributed by atoms with van der Waals surface area (Å²) in [7, 11) is 1.83. The Hall–Kier alpha value is -0.570. The van der Waals surface area contributed by atoms with Gasteiger partial charge in [-0.05, 0) is 25.8 Å². The van der Waals surface area contributed by atoms with Gasteiger partial charge in [0.2, 0.25) is 0 Å². The molecule has 0 aliphatic heterocycles. The zero-order valence-corrected chi connectivity index (χ0v) is 15.5. The van der Waals surface area contributed by atoms with Gasteiger partial charge in [0.25, 0.3) is 0 Å². The van der Waals surface area contributed by atoms with Crippen molar-refractivity contribution in [2.45, 2.75) is 97.4 Å². The predicted molar refractivity (Wildman–Crippen MR) is 95.1 cm³/mol. The molecule has 0 spiro atoms. The lowest BCUT2D eigenvalue weighted by molar-refractivity contribution is -0.146. The molecule has 0 radical (unpaired) electrons. The number of carbonyl (C=O) groups excluding carboxylic acids is 1. The van der Waals surface area contributed by atoms with Crippen molar-refractivity contribution in [2.24, 2.45) is 5.92 Å². The number of nitrogens with one attached hydrogen (secondary N) is 1. The normalized spacial score (nSPS) is 12.6. The Bertz CT molecular complexity index is 254. The summed E-state index contributed by atoms with van der Waals surface area (Å²) in [5.41, 5.74) is 0. The first kappa shape index (κ1) is 21.4. The number of rotatable bonds is 15. The molecule has 0 aromatic heterocycles. The molecule has 3 nitrogen and oxygen atoms in total. The molecule has 0 fully saturated rings. The molecule has 0 aromatic rings. The highest BCUT2D eigenvalue weighted by molar-refractivity contribution is 5.75. The summed E-state index contributed by atoms with van der Waals surface area (Å²) in [5, 5.41) is 3.05. The van der Waals surface area contributed by atoms with Crippen LogP contribution in [-0.4, -0.2) is 25.7 Å². The molecular formula is C19H39NO2. The van der Waals surface area contributed by atoms with E-state index >= 15 is 0 Å². The molecule has 1 N–H and O–H groups in total. The first-order valence-electron chi connectivity index (χ1n) is 9.45. The average Bonchev–Trinajstić information content (AvgIpc) is 2.49. The summed E-state index contributed by atoms with van der Waals surface area (Å²) in [4.78, 5) is 11.9. The lowest BCUT2D eigenvalue weighted by atomic mass is 10.0. The van der Waals surface area contributed by atoms with Crippen molar-refractivity contribution >= 4 is 5.97 Å². The fourth-order valence-corrected chi connectivity index (χ4v) is 2.67.